The third-order valence-corrected chi connectivity index (χ3v) is 4.31. The summed E-state index contributed by atoms with van der Waals surface area (Å²) >= 11 is 0. The van der Waals surface area contributed by atoms with Crippen LogP contribution in [0.5, 0.6) is 0 Å². The van der Waals surface area contributed by atoms with Gasteiger partial charge in [-0.2, -0.15) is 0 Å². The molecule has 0 aliphatic carbocycles. The van der Waals surface area contributed by atoms with Crippen molar-refractivity contribution in [2.45, 2.75) is 25.7 Å². The van der Waals surface area contributed by atoms with Gasteiger partial charge in [0.15, 0.2) is 0 Å². The Morgan fingerprint density at radius 1 is 1.13 bits per heavy atom. The van der Waals surface area contributed by atoms with E-state index in [1.165, 1.54) is 12.1 Å². The number of benzene rings is 1. The summed E-state index contributed by atoms with van der Waals surface area (Å²) in [5.41, 5.74) is 3.23. The standard InChI is InChI=1S/C16H20N4O2S/c1-11(2)10-17-14-5-7-15(8-6-14)23(21,22)20-16-18-12(3)9-13(4)19-16/h5-9,17H,1,10H2,2-4H3,(H,18,19,20). The zero-order valence-electron chi connectivity index (χ0n) is 13.4. The minimum Gasteiger partial charge on any atom is -0.381 e. The van der Waals surface area contributed by atoms with Gasteiger partial charge in [-0.1, -0.05) is 12.2 Å². The third-order valence-electron chi connectivity index (χ3n) is 2.97. The van der Waals surface area contributed by atoms with Gasteiger partial charge in [0.25, 0.3) is 10.0 Å². The number of aromatic nitrogens is 2. The SMILES string of the molecule is C=C(C)CNc1ccc(S(=O)(=O)Nc2nc(C)cc(C)n2)cc1. The first kappa shape index (κ1) is 17.0. The molecule has 7 heteroatoms. The maximum atomic E-state index is 12.4. The number of nitrogens with one attached hydrogen (secondary N) is 2. The number of rotatable bonds is 6. The Morgan fingerprint density at radius 3 is 2.22 bits per heavy atom. The van der Waals surface area contributed by atoms with Crippen LogP contribution in [0.25, 0.3) is 0 Å². The Hall–Kier alpha value is -2.41. The molecule has 0 aliphatic rings. The lowest BCUT2D eigenvalue weighted by Gasteiger charge is -2.09. The summed E-state index contributed by atoms with van der Waals surface area (Å²) in [6.07, 6.45) is 0. The van der Waals surface area contributed by atoms with Gasteiger partial charge < -0.3 is 5.32 Å². The number of anilines is 2. The van der Waals surface area contributed by atoms with Gasteiger partial charge in [0.1, 0.15) is 0 Å². The van der Waals surface area contributed by atoms with Gasteiger partial charge in [-0.15, -0.1) is 0 Å². The van der Waals surface area contributed by atoms with Crippen molar-refractivity contribution in [1.29, 1.82) is 0 Å². The van der Waals surface area contributed by atoms with Crippen molar-refractivity contribution in [3.8, 4) is 0 Å². The Balaban J connectivity index is 2.17. The van der Waals surface area contributed by atoms with Crippen LogP contribution in [0.15, 0.2) is 47.4 Å². The van der Waals surface area contributed by atoms with Gasteiger partial charge in [0.05, 0.1) is 4.90 Å². The highest BCUT2D eigenvalue weighted by Crippen LogP contribution is 2.17. The molecule has 2 rings (SSSR count). The molecule has 0 bridgehead atoms. The van der Waals surface area contributed by atoms with E-state index < -0.39 is 10.0 Å². The predicted molar refractivity (Wildman–Crippen MR) is 92.1 cm³/mol. The van der Waals surface area contributed by atoms with Crippen LogP contribution < -0.4 is 10.0 Å². The van der Waals surface area contributed by atoms with Crippen LogP contribution in [0.3, 0.4) is 0 Å². The highest BCUT2D eigenvalue weighted by Gasteiger charge is 2.16. The molecular weight excluding hydrogens is 312 g/mol. The van der Waals surface area contributed by atoms with Gasteiger partial charge >= 0.3 is 0 Å². The average molecular weight is 332 g/mol. The lowest BCUT2D eigenvalue weighted by molar-refractivity contribution is 0.601. The first-order valence-electron chi connectivity index (χ1n) is 7.10. The van der Waals surface area contributed by atoms with Gasteiger partial charge in [0.2, 0.25) is 5.95 Å². The number of sulfonamides is 1. The van der Waals surface area contributed by atoms with Gasteiger partial charge in [-0.3, -0.25) is 0 Å². The molecule has 0 spiro atoms. The van der Waals surface area contributed by atoms with Crippen LogP contribution in [0, 0.1) is 13.8 Å². The molecule has 0 saturated carbocycles. The van der Waals surface area contributed by atoms with E-state index >= 15 is 0 Å². The fraction of sp³-hybridized carbons (Fsp3) is 0.250. The molecule has 2 aromatic rings. The van der Waals surface area contributed by atoms with Crippen molar-refractivity contribution in [2.24, 2.45) is 0 Å². The summed E-state index contributed by atoms with van der Waals surface area (Å²) in [5, 5.41) is 3.15. The molecule has 122 valence electrons. The molecule has 23 heavy (non-hydrogen) atoms. The van der Waals surface area contributed by atoms with Crippen molar-refractivity contribution in [3.63, 3.8) is 0 Å². The van der Waals surface area contributed by atoms with E-state index in [1.807, 2.05) is 6.92 Å². The van der Waals surface area contributed by atoms with E-state index in [1.54, 1.807) is 32.0 Å². The van der Waals surface area contributed by atoms with E-state index in [9.17, 15) is 8.42 Å². The van der Waals surface area contributed by atoms with Crippen LogP contribution in [0.2, 0.25) is 0 Å². The zero-order valence-corrected chi connectivity index (χ0v) is 14.2. The first-order chi connectivity index (χ1) is 10.8. The molecule has 2 N–H and O–H groups in total. The number of hydrogen-bond acceptors (Lipinski definition) is 5. The second-order valence-electron chi connectivity index (χ2n) is 5.41. The topological polar surface area (TPSA) is 84.0 Å². The third kappa shape index (κ3) is 4.79. The second-order valence-corrected chi connectivity index (χ2v) is 7.10. The van der Waals surface area contributed by atoms with Crippen molar-refractivity contribution >= 4 is 21.7 Å². The van der Waals surface area contributed by atoms with E-state index in [-0.39, 0.29) is 10.8 Å². The van der Waals surface area contributed by atoms with Crippen molar-refractivity contribution in [2.75, 3.05) is 16.6 Å². The maximum Gasteiger partial charge on any atom is 0.264 e. The normalized spacial score (nSPS) is 11.1. The molecule has 0 radical (unpaired) electrons. The monoisotopic (exact) mass is 332 g/mol. The lowest BCUT2D eigenvalue weighted by atomic mass is 10.3. The van der Waals surface area contributed by atoms with Gasteiger partial charge in [-0.05, 0) is 51.1 Å². The molecule has 1 heterocycles. The van der Waals surface area contributed by atoms with Crippen LogP contribution in [-0.4, -0.2) is 24.9 Å². The van der Waals surface area contributed by atoms with Crippen LogP contribution in [0.1, 0.15) is 18.3 Å². The van der Waals surface area contributed by atoms with Crippen molar-refractivity contribution in [1.82, 2.24) is 9.97 Å². The van der Waals surface area contributed by atoms with Crippen LogP contribution in [0.4, 0.5) is 11.6 Å². The van der Waals surface area contributed by atoms with Crippen molar-refractivity contribution in [3.05, 3.63) is 53.9 Å². The molecule has 0 saturated heterocycles. The number of aryl methyl sites for hydroxylation is 2. The van der Waals surface area contributed by atoms with E-state index in [0.29, 0.717) is 17.9 Å². The summed E-state index contributed by atoms with van der Waals surface area (Å²) in [6.45, 7) is 9.93. The molecule has 0 aliphatic heterocycles. The Morgan fingerprint density at radius 2 is 1.70 bits per heavy atom. The molecule has 1 aromatic heterocycles. The molecule has 1 aromatic carbocycles. The summed E-state index contributed by atoms with van der Waals surface area (Å²) in [6, 6.07) is 8.26. The van der Waals surface area contributed by atoms with Gasteiger partial charge in [-0.25, -0.2) is 23.1 Å². The predicted octanol–water partition coefficient (Wildman–Crippen LogP) is 2.88. The first-order valence-corrected chi connectivity index (χ1v) is 8.58. The molecule has 0 unspecified atom stereocenters. The zero-order chi connectivity index (χ0) is 17.0. The fourth-order valence-electron chi connectivity index (χ4n) is 1.96. The van der Waals surface area contributed by atoms with E-state index in [2.05, 4.69) is 26.6 Å². The molecular formula is C16H20N4O2S. The molecule has 6 nitrogen and oxygen atoms in total. The summed E-state index contributed by atoms with van der Waals surface area (Å²) < 4.78 is 27.2. The summed E-state index contributed by atoms with van der Waals surface area (Å²) in [5.74, 6) is 0.0759. The van der Waals surface area contributed by atoms with Crippen LogP contribution in [-0.2, 0) is 10.0 Å². The smallest absolute Gasteiger partial charge is 0.264 e. The molecule has 0 amide bonds. The summed E-state index contributed by atoms with van der Waals surface area (Å²) in [7, 11) is -3.72. The molecule has 0 atom stereocenters. The number of nitrogens with zero attached hydrogens (tertiary/aromatic N) is 2. The van der Waals surface area contributed by atoms with E-state index in [4.69, 9.17) is 0 Å². The Labute approximate surface area is 136 Å². The quantitative estimate of drug-likeness (QED) is 0.795. The highest BCUT2D eigenvalue weighted by atomic mass is 32.2. The maximum absolute atomic E-state index is 12.4. The Kier molecular flexibility index (Phi) is 5.00. The second kappa shape index (κ2) is 6.78. The highest BCUT2D eigenvalue weighted by molar-refractivity contribution is 7.92. The van der Waals surface area contributed by atoms with Crippen molar-refractivity contribution < 1.29 is 8.42 Å². The van der Waals surface area contributed by atoms with E-state index in [0.717, 1.165) is 11.3 Å². The minimum absolute atomic E-state index is 0.0759. The summed E-state index contributed by atoms with van der Waals surface area (Å²) in [4.78, 5) is 8.33. The Bertz CT molecular complexity index is 794. The lowest BCUT2D eigenvalue weighted by Crippen LogP contribution is -2.15. The molecule has 0 fully saturated rings. The minimum atomic E-state index is -3.72. The largest absolute Gasteiger partial charge is 0.381 e. The number of hydrogen-bond donors (Lipinski definition) is 2. The van der Waals surface area contributed by atoms with Crippen LogP contribution >= 0.6 is 0 Å². The average Bonchev–Trinajstić information content (AvgIpc) is 2.44. The fourth-order valence-corrected chi connectivity index (χ4v) is 2.90. The van der Waals surface area contributed by atoms with Gasteiger partial charge in [0, 0.05) is 23.6 Å².